The second kappa shape index (κ2) is 8.82. The van der Waals surface area contributed by atoms with E-state index in [0.29, 0.717) is 17.8 Å². The fourth-order valence-corrected chi connectivity index (χ4v) is 11.5. The molecule has 5 aliphatic rings. The van der Waals surface area contributed by atoms with Gasteiger partial charge in [0.2, 0.25) is 0 Å². The summed E-state index contributed by atoms with van der Waals surface area (Å²) in [5.41, 5.74) is 2.24. The zero-order valence-electron chi connectivity index (χ0n) is 25.3. The molecule has 1 unspecified atom stereocenters. The molecule has 5 aliphatic carbocycles. The molecule has 0 aromatic carbocycles. The van der Waals surface area contributed by atoms with Crippen LogP contribution < -0.4 is 0 Å². The maximum atomic E-state index is 13.4. The van der Waals surface area contributed by atoms with Gasteiger partial charge in [0.15, 0.2) is 0 Å². The summed E-state index contributed by atoms with van der Waals surface area (Å²) in [6.07, 6.45) is 14.2. The molecule has 0 aromatic heterocycles. The van der Waals surface area contributed by atoms with Crippen molar-refractivity contribution in [2.75, 3.05) is 27.9 Å². The number of hydrogen-bond acceptors (Lipinski definition) is 4. The van der Waals surface area contributed by atoms with Crippen molar-refractivity contribution in [3.63, 3.8) is 0 Å². The number of allylic oxidation sites excluding steroid dienone is 2. The highest BCUT2D eigenvalue weighted by Gasteiger charge is 2.69. The van der Waals surface area contributed by atoms with Gasteiger partial charge >= 0.3 is 5.97 Å². The van der Waals surface area contributed by atoms with Crippen LogP contribution in [0.3, 0.4) is 0 Å². The van der Waals surface area contributed by atoms with Crippen molar-refractivity contribution in [3.05, 3.63) is 11.6 Å². The minimum absolute atomic E-state index is 0.0444. The van der Waals surface area contributed by atoms with Gasteiger partial charge in [-0.15, -0.1) is 0 Å². The smallest absolute Gasteiger partial charge is 0.312 e. The van der Waals surface area contributed by atoms with Gasteiger partial charge in [-0.3, -0.25) is 4.79 Å². The number of rotatable bonds is 4. The lowest BCUT2D eigenvalue weighted by atomic mass is 9.33. The molecule has 0 amide bonds. The molecule has 9 atom stereocenters. The number of fused-ring (bicyclic) bond motifs is 7. The molecule has 0 saturated heterocycles. The lowest BCUT2D eigenvalue weighted by molar-refractivity contribution is -0.222. The Labute approximate surface area is 226 Å². The van der Waals surface area contributed by atoms with Gasteiger partial charge in [0.05, 0.1) is 25.2 Å². The Morgan fingerprint density at radius 3 is 2.24 bits per heavy atom. The summed E-state index contributed by atoms with van der Waals surface area (Å²) in [4.78, 5) is 13.4. The van der Waals surface area contributed by atoms with Crippen molar-refractivity contribution in [2.45, 2.75) is 112 Å². The number of hydrogen-bond donors (Lipinski definition) is 0. The Kier molecular flexibility index (Phi) is 6.60. The first-order chi connectivity index (χ1) is 17.3. The minimum Gasteiger partial charge on any atom is -0.469 e. The van der Waals surface area contributed by atoms with Crippen LogP contribution in [0.1, 0.15) is 106 Å². The van der Waals surface area contributed by atoms with Gasteiger partial charge in [-0.2, -0.15) is 0 Å². The van der Waals surface area contributed by atoms with Crippen molar-refractivity contribution in [1.82, 2.24) is 0 Å². The molecule has 4 heteroatoms. The Balaban J connectivity index is 1.58. The predicted octanol–water partition coefficient (Wildman–Crippen LogP) is 7.60. The van der Waals surface area contributed by atoms with Crippen molar-refractivity contribution >= 4 is 5.97 Å². The van der Waals surface area contributed by atoms with E-state index >= 15 is 0 Å². The number of methoxy groups -OCH3 is 3. The van der Waals surface area contributed by atoms with E-state index in [0.717, 1.165) is 51.6 Å². The van der Waals surface area contributed by atoms with Gasteiger partial charge in [0.25, 0.3) is 0 Å². The molecule has 0 aromatic rings. The van der Waals surface area contributed by atoms with Gasteiger partial charge < -0.3 is 14.2 Å². The third kappa shape index (κ3) is 3.56. The summed E-state index contributed by atoms with van der Waals surface area (Å²) >= 11 is 0. The van der Waals surface area contributed by atoms with Gasteiger partial charge in [0, 0.05) is 19.6 Å². The Morgan fingerprint density at radius 1 is 0.892 bits per heavy atom. The topological polar surface area (TPSA) is 44.8 Å². The van der Waals surface area contributed by atoms with E-state index < -0.39 is 0 Å². The maximum Gasteiger partial charge on any atom is 0.312 e. The van der Waals surface area contributed by atoms with E-state index in [-0.39, 0.29) is 44.6 Å². The average Bonchev–Trinajstić information content (AvgIpc) is 2.84. The molecule has 0 aliphatic heterocycles. The van der Waals surface area contributed by atoms with Crippen LogP contribution in [0.15, 0.2) is 11.6 Å². The lowest BCUT2D eigenvalue weighted by Gasteiger charge is -2.71. The van der Waals surface area contributed by atoms with E-state index in [9.17, 15) is 4.79 Å². The van der Waals surface area contributed by atoms with Crippen molar-refractivity contribution in [3.8, 4) is 0 Å². The van der Waals surface area contributed by atoms with Crippen molar-refractivity contribution < 1.29 is 19.0 Å². The predicted molar refractivity (Wildman–Crippen MR) is 148 cm³/mol. The van der Waals surface area contributed by atoms with Gasteiger partial charge in [-0.1, -0.05) is 53.2 Å². The molecule has 4 nitrogen and oxygen atoms in total. The molecule has 0 radical (unpaired) electrons. The molecule has 4 saturated carbocycles. The highest BCUT2D eigenvalue weighted by atomic mass is 16.5. The Bertz CT molecular complexity index is 954. The van der Waals surface area contributed by atoms with Crippen LogP contribution >= 0.6 is 0 Å². The standard InChI is InChI=1S/C33H54O4/c1-28(2)16-18-33(27(34)37-9)19-17-31(5)22(23(33)20-28)10-11-25-29(3)14-13-26(36-8)30(4,21-35-7)24(29)12-15-32(25,31)6/h10,23-26H,11-21H2,1-9H3/t23-,24?,25-,26+,29+,30-,31-,32-,33+/m1/s1. The summed E-state index contributed by atoms with van der Waals surface area (Å²) in [5.74, 6) is 1.60. The molecule has 0 N–H and O–H groups in total. The largest absolute Gasteiger partial charge is 0.469 e. The average molecular weight is 515 g/mol. The van der Waals surface area contributed by atoms with Gasteiger partial charge in [-0.05, 0) is 104 Å². The minimum atomic E-state index is -0.326. The quantitative estimate of drug-likeness (QED) is 0.286. The number of carbonyl (C=O) groups excluding carboxylic acids is 1. The van der Waals surface area contributed by atoms with E-state index in [2.05, 4.69) is 47.6 Å². The first-order valence-electron chi connectivity index (χ1n) is 15.1. The highest BCUT2D eigenvalue weighted by Crippen LogP contribution is 2.76. The summed E-state index contributed by atoms with van der Waals surface area (Å²) < 4.78 is 17.5. The zero-order chi connectivity index (χ0) is 27.1. The molecule has 0 spiro atoms. The molecule has 4 fully saturated rings. The normalized spacial score (nSPS) is 50.6. The van der Waals surface area contributed by atoms with E-state index in [4.69, 9.17) is 14.2 Å². The number of ether oxygens (including phenoxy) is 3. The van der Waals surface area contributed by atoms with Crippen molar-refractivity contribution in [1.29, 1.82) is 0 Å². The first-order valence-corrected chi connectivity index (χ1v) is 15.1. The third-order valence-corrected chi connectivity index (χ3v) is 13.7. The molecule has 0 bridgehead atoms. The van der Waals surface area contributed by atoms with Crippen LogP contribution in [0.25, 0.3) is 0 Å². The van der Waals surface area contributed by atoms with Crippen LogP contribution in [0.5, 0.6) is 0 Å². The first kappa shape index (κ1) is 27.7. The zero-order valence-corrected chi connectivity index (χ0v) is 25.3. The SMILES string of the molecule is COC[C@]1(C)C2CC[C@]3(C)[C@H](CC=C4[C@H]5CC(C)(C)CC[C@]5(C(=O)OC)CC[C@]43C)[C@@]2(C)CC[C@@H]1OC. The molecule has 37 heavy (non-hydrogen) atoms. The highest BCUT2D eigenvalue weighted by molar-refractivity contribution is 5.78. The van der Waals surface area contributed by atoms with Gasteiger partial charge in [-0.25, -0.2) is 0 Å². The summed E-state index contributed by atoms with van der Waals surface area (Å²) in [5, 5.41) is 0. The fraction of sp³-hybridized carbons (Fsp3) is 0.909. The van der Waals surface area contributed by atoms with Crippen LogP contribution in [0, 0.1) is 50.2 Å². The third-order valence-electron chi connectivity index (χ3n) is 13.7. The molecule has 210 valence electrons. The molecule has 0 heterocycles. The van der Waals surface area contributed by atoms with Crippen LogP contribution in [-0.4, -0.2) is 40.0 Å². The monoisotopic (exact) mass is 514 g/mol. The summed E-state index contributed by atoms with van der Waals surface area (Å²) in [6.45, 7) is 15.9. The molecular formula is C33H54O4. The van der Waals surface area contributed by atoms with Crippen LogP contribution in [0.2, 0.25) is 0 Å². The number of esters is 1. The van der Waals surface area contributed by atoms with Gasteiger partial charge in [0.1, 0.15) is 0 Å². The van der Waals surface area contributed by atoms with Crippen LogP contribution in [0.4, 0.5) is 0 Å². The second-order valence-corrected chi connectivity index (χ2v) is 15.6. The van der Waals surface area contributed by atoms with E-state index in [1.807, 2.05) is 14.2 Å². The van der Waals surface area contributed by atoms with E-state index in [1.165, 1.54) is 19.3 Å². The Hall–Kier alpha value is -0.870. The summed E-state index contributed by atoms with van der Waals surface area (Å²) in [6, 6.07) is 0. The lowest BCUT2D eigenvalue weighted by Crippen LogP contribution is -2.66. The van der Waals surface area contributed by atoms with Crippen molar-refractivity contribution in [2.24, 2.45) is 50.2 Å². The summed E-state index contributed by atoms with van der Waals surface area (Å²) in [7, 11) is 5.35. The van der Waals surface area contributed by atoms with Crippen LogP contribution in [-0.2, 0) is 19.0 Å². The Morgan fingerprint density at radius 2 is 1.59 bits per heavy atom. The fourth-order valence-electron chi connectivity index (χ4n) is 11.5. The second-order valence-electron chi connectivity index (χ2n) is 15.6. The number of carbonyl (C=O) groups is 1. The maximum absolute atomic E-state index is 13.4. The molecule has 5 rings (SSSR count). The van der Waals surface area contributed by atoms with E-state index in [1.54, 1.807) is 12.7 Å². The molecular weight excluding hydrogens is 460 g/mol.